The van der Waals surface area contributed by atoms with Gasteiger partial charge < -0.3 is 34.9 Å². The molecule has 1 aromatic heterocycles. The number of ether oxygens (including phenoxy) is 2. The third-order valence-electron chi connectivity index (χ3n) is 3.61. The molecule has 1 unspecified atom stereocenters. The van der Waals surface area contributed by atoms with Crippen LogP contribution in [-0.2, 0) is 4.74 Å². The van der Waals surface area contributed by atoms with Crippen LogP contribution in [-0.4, -0.2) is 62.7 Å². The molecule has 1 aliphatic heterocycles. The maximum atomic E-state index is 10.1. The van der Waals surface area contributed by atoms with Crippen molar-refractivity contribution in [3.05, 3.63) is 30.3 Å². The molecule has 3 rings (SSSR count). The summed E-state index contributed by atoms with van der Waals surface area (Å²) in [6.45, 7) is -0.489. The average molecular weight is 295 g/mol. The van der Waals surface area contributed by atoms with E-state index in [1.54, 1.807) is 6.07 Å². The van der Waals surface area contributed by atoms with E-state index in [0.717, 1.165) is 10.9 Å². The highest BCUT2D eigenvalue weighted by Gasteiger charge is 2.45. The first-order chi connectivity index (χ1) is 10.1. The van der Waals surface area contributed by atoms with Crippen LogP contribution in [0.1, 0.15) is 0 Å². The smallest absolute Gasteiger partial charge is 0.192 e. The number of hydrogen-bond donors (Lipinski definition) is 5. The Morgan fingerprint density at radius 2 is 1.90 bits per heavy atom. The van der Waals surface area contributed by atoms with Gasteiger partial charge in [0, 0.05) is 17.0 Å². The van der Waals surface area contributed by atoms with Gasteiger partial charge in [0.2, 0.25) is 0 Å². The van der Waals surface area contributed by atoms with Gasteiger partial charge in [-0.3, -0.25) is 0 Å². The summed E-state index contributed by atoms with van der Waals surface area (Å²) in [5.41, 5.74) is 0.850. The van der Waals surface area contributed by atoms with Crippen LogP contribution in [0.25, 0.3) is 10.9 Å². The normalized spacial score (nSPS) is 33.2. The highest BCUT2D eigenvalue weighted by atomic mass is 16.6. The van der Waals surface area contributed by atoms with E-state index in [9.17, 15) is 15.3 Å². The van der Waals surface area contributed by atoms with E-state index < -0.39 is 37.3 Å². The first kappa shape index (κ1) is 14.3. The van der Waals surface area contributed by atoms with Crippen molar-refractivity contribution in [2.45, 2.75) is 30.7 Å². The summed E-state index contributed by atoms with van der Waals surface area (Å²) in [6.07, 6.45) is -6.34. The molecule has 0 saturated carbocycles. The number of benzene rings is 1. The summed E-state index contributed by atoms with van der Waals surface area (Å²) in [5, 5.41) is 39.6. The van der Waals surface area contributed by atoms with Crippen LogP contribution in [0.2, 0.25) is 0 Å². The highest BCUT2D eigenvalue weighted by molar-refractivity contribution is 5.81. The minimum Gasteiger partial charge on any atom is -0.470 e. The van der Waals surface area contributed by atoms with Gasteiger partial charge in [-0.25, -0.2) is 0 Å². The second-order valence-electron chi connectivity index (χ2n) is 5.03. The van der Waals surface area contributed by atoms with Gasteiger partial charge in [0.15, 0.2) is 18.3 Å². The average Bonchev–Trinajstić information content (AvgIpc) is 2.89. The molecule has 1 aliphatic rings. The maximum Gasteiger partial charge on any atom is 0.192 e. The van der Waals surface area contributed by atoms with Crippen LogP contribution in [0.5, 0.6) is 5.88 Å². The molecule has 5 atom stereocenters. The Labute approximate surface area is 120 Å². The zero-order valence-corrected chi connectivity index (χ0v) is 11.1. The van der Waals surface area contributed by atoms with Crippen molar-refractivity contribution in [1.82, 2.24) is 4.98 Å². The van der Waals surface area contributed by atoms with Crippen LogP contribution >= 0.6 is 0 Å². The zero-order chi connectivity index (χ0) is 15.0. The molecule has 0 radical (unpaired) electrons. The lowest BCUT2D eigenvalue weighted by atomic mass is 9.99. The van der Waals surface area contributed by atoms with Crippen molar-refractivity contribution in [2.24, 2.45) is 0 Å². The van der Waals surface area contributed by atoms with Crippen molar-refractivity contribution in [3.8, 4) is 5.88 Å². The third kappa shape index (κ3) is 2.61. The van der Waals surface area contributed by atoms with Crippen molar-refractivity contribution in [1.29, 1.82) is 0 Å². The maximum absolute atomic E-state index is 10.1. The number of hydrogen-bond acceptors (Lipinski definition) is 6. The first-order valence-electron chi connectivity index (χ1n) is 6.65. The summed E-state index contributed by atoms with van der Waals surface area (Å²) in [5.74, 6) is 0.352. The number of nitrogens with one attached hydrogen (secondary N) is 1. The fourth-order valence-electron chi connectivity index (χ4n) is 2.46. The van der Waals surface area contributed by atoms with E-state index in [1.165, 1.54) is 0 Å². The minimum absolute atomic E-state index is 0.352. The van der Waals surface area contributed by atoms with Crippen LogP contribution < -0.4 is 4.74 Å². The van der Waals surface area contributed by atoms with Crippen molar-refractivity contribution in [3.63, 3.8) is 0 Å². The molecule has 0 bridgehead atoms. The number of aromatic amines is 1. The molecular weight excluding hydrogens is 278 g/mol. The molecule has 0 aliphatic carbocycles. The number of rotatable bonds is 3. The second kappa shape index (κ2) is 5.63. The van der Waals surface area contributed by atoms with Crippen LogP contribution in [0, 0.1) is 0 Å². The molecule has 2 heterocycles. The van der Waals surface area contributed by atoms with Crippen LogP contribution in [0.15, 0.2) is 30.3 Å². The second-order valence-corrected chi connectivity index (χ2v) is 5.03. The summed E-state index contributed by atoms with van der Waals surface area (Å²) in [7, 11) is 0. The first-order valence-corrected chi connectivity index (χ1v) is 6.65. The monoisotopic (exact) mass is 295 g/mol. The van der Waals surface area contributed by atoms with Gasteiger partial charge in [0.05, 0.1) is 6.61 Å². The molecule has 1 saturated heterocycles. The Morgan fingerprint density at radius 1 is 1.14 bits per heavy atom. The van der Waals surface area contributed by atoms with Gasteiger partial charge in [-0.15, -0.1) is 0 Å². The Bertz CT molecular complexity index is 581. The van der Waals surface area contributed by atoms with Gasteiger partial charge in [0.1, 0.15) is 18.3 Å². The summed E-state index contributed by atoms with van der Waals surface area (Å²) in [4.78, 5) is 3.00. The molecule has 114 valence electrons. The van der Waals surface area contributed by atoms with Crippen molar-refractivity contribution >= 4 is 10.9 Å². The fraction of sp³-hybridized carbons (Fsp3) is 0.429. The van der Waals surface area contributed by atoms with Crippen LogP contribution in [0.4, 0.5) is 0 Å². The molecule has 1 aromatic carbocycles. The predicted molar refractivity (Wildman–Crippen MR) is 72.7 cm³/mol. The topological polar surface area (TPSA) is 115 Å². The Morgan fingerprint density at radius 3 is 2.62 bits per heavy atom. The van der Waals surface area contributed by atoms with E-state index in [4.69, 9.17) is 14.6 Å². The lowest BCUT2D eigenvalue weighted by Gasteiger charge is -2.39. The zero-order valence-electron chi connectivity index (χ0n) is 11.1. The van der Waals surface area contributed by atoms with Gasteiger partial charge >= 0.3 is 0 Å². The molecule has 21 heavy (non-hydrogen) atoms. The van der Waals surface area contributed by atoms with Crippen molar-refractivity contribution < 1.29 is 29.9 Å². The molecule has 7 nitrogen and oxygen atoms in total. The SMILES string of the molecule is OC[C@H]1OC(O)[C@H](O)[C@@H](Oc2cc3ccccc3[nH]2)[C@H]1O. The Balaban J connectivity index is 1.84. The quantitative estimate of drug-likeness (QED) is 0.514. The molecule has 0 amide bonds. The molecule has 0 spiro atoms. The third-order valence-corrected chi connectivity index (χ3v) is 3.61. The molecule has 1 fully saturated rings. The molecule has 7 heteroatoms. The van der Waals surface area contributed by atoms with Gasteiger partial charge in [-0.1, -0.05) is 18.2 Å². The van der Waals surface area contributed by atoms with E-state index in [0.29, 0.717) is 5.88 Å². The number of H-pyrrole nitrogens is 1. The largest absolute Gasteiger partial charge is 0.470 e. The van der Waals surface area contributed by atoms with E-state index in [1.807, 2.05) is 24.3 Å². The number of aliphatic hydroxyl groups is 4. The van der Waals surface area contributed by atoms with Gasteiger partial charge in [0.25, 0.3) is 0 Å². The number of aliphatic hydroxyl groups excluding tert-OH is 4. The van der Waals surface area contributed by atoms with Gasteiger partial charge in [-0.2, -0.15) is 0 Å². The lowest BCUT2D eigenvalue weighted by molar-refractivity contribution is -0.282. The van der Waals surface area contributed by atoms with E-state index >= 15 is 0 Å². The van der Waals surface area contributed by atoms with E-state index in [2.05, 4.69) is 4.98 Å². The van der Waals surface area contributed by atoms with Crippen molar-refractivity contribution in [2.75, 3.05) is 6.61 Å². The molecular formula is C14H17NO6. The minimum atomic E-state index is -1.53. The highest BCUT2D eigenvalue weighted by Crippen LogP contribution is 2.26. The number of fused-ring (bicyclic) bond motifs is 1. The fourth-order valence-corrected chi connectivity index (χ4v) is 2.46. The number of para-hydroxylation sites is 1. The predicted octanol–water partition coefficient (Wildman–Crippen LogP) is -0.653. The Hall–Kier alpha value is -1.64. The Kier molecular flexibility index (Phi) is 3.83. The number of aromatic nitrogens is 1. The van der Waals surface area contributed by atoms with E-state index in [-0.39, 0.29) is 0 Å². The van der Waals surface area contributed by atoms with Crippen LogP contribution in [0.3, 0.4) is 0 Å². The summed E-state index contributed by atoms with van der Waals surface area (Å²) in [6, 6.07) is 9.23. The summed E-state index contributed by atoms with van der Waals surface area (Å²) >= 11 is 0. The molecule has 2 aromatic rings. The lowest BCUT2D eigenvalue weighted by Crippen LogP contribution is -2.60. The van der Waals surface area contributed by atoms with Gasteiger partial charge in [-0.05, 0) is 6.07 Å². The molecule has 5 N–H and O–H groups in total. The summed E-state index contributed by atoms with van der Waals surface area (Å²) < 4.78 is 10.5. The standard InChI is InChI=1S/C14H17NO6/c16-6-9-11(17)13(12(18)14(19)20-9)21-10-5-7-3-1-2-4-8(7)15-10/h1-5,9,11-19H,6H2/t9-,11+,12-,13+,14?/m1/s1.